The third-order valence-electron chi connectivity index (χ3n) is 2.17. The summed E-state index contributed by atoms with van der Waals surface area (Å²) in [7, 11) is 0. The van der Waals surface area contributed by atoms with Gasteiger partial charge in [-0.05, 0) is 18.1 Å². The van der Waals surface area contributed by atoms with Crippen LogP contribution in [0.4, 0.5) is 0 Å². The van der Waals surface area contributed by atoms with Crippen LogP contribution >= 0.6 is 0 Å². The van der Waals surface area contributed by atoms with Crippen molar-refractivity contribution in [3.8, 4) is 0 Å². The number of nitrogens with one attached hydrogen (secondary N) is 1. The fourth-order valence-electron chi connectivity index (χ4n) is 1.53. The van der Waals surface area contributed by atoms with E-state index < -0.39 is 5.91 Å². The van der Waals surface area contributed by atoms with Crippen molar-refractivity contribution in [1.29, 1.82) is 0 Å². The van der Waals surface area contributed by atoms with Crippen LogP contribution in [-0.2, 0) is 6.42 Å². The lowest BCUT2D eigenvalue weighted by molar-refractivity contribution is 0.0994. The van der Waals surface area contributed by atoms with Crippen LogP contribution in [0.3, 0.4) is 0 Å². The minimum atomic E-state index is -0.530. The van der Waals surface area contributed by atoms with E-state index in [2.05, 4.69) is 15.2 Å². The molecular weight excluding hydrogens is 180 g/mol. The van der Waals surface area contributed by atoms with Crippen molar-refractivity contribution in [3.63, 3.8) is 0 Å². The predicted molar refractivity (Wildman–Crippen MR) is 51.8 cm³/mol. The van der Waals surface area contributed by atoms with E-state index in [1.54, 1.807) is 6.20 Å². The molecule has 3 N–H and O–H groups in total. The summed E-state index contributed by atoms with van der Waals surface area (Å²) in [5, 5.41) is 8.57. The van der Waals surface area contributed by atoms with Gasteiger partial charge in [-0.25, -0.2) is 0 Å². The number of rotatable bonds is 2. The van der Waals surface area contributed by atoms with Crippen LogP contribution in [0.5, 0.6) is 0 Å². The lowest BCUT2D eigenvalue weighted by atomic mass is 10.1. The summed E-state index contributed by atoms with van der Waals surface area (Å²) in [6.45, 7) is 1.95. The van der Waals surface area contributed by atoms with E-state index in [1.807, 2.05) is 13.0 Å². The molecule has 0 unspecified atom stereocenters. The Kier molecular flexibility index (Phi) is 1.92. The van der Waals surface area contributed by atoms with E-state index in [0.29, 0.717) is 12.1 Å². The molecule has 2 heterocycles. The van der Waals surface area contributed by atoms with Gasteiger partial charge >= 0.3 is 0 Å². The zero-order chi connectivity index (χ0) is 10.1. The minimum absolute atomic E-state index is 0.264. The molecule has 0 aliphatic heterocycles. The molecule has 2 aromatic rings. The van der Waals surface area contributed by atoms with Crippen LogP contribution in [0.25, 0.3) is 11.0 Å². The molecule has 0 radical (unpaired) electrons. The number of aryl methyl sites for hydroxylation is 1. The molecule has 0 aromatic carbocycles. The highest BCUT2D eigenvalue weighted by Crippen LogP contribution is 2.17. The number of hydrogen-bond donors (Lipinski definition) is 2. The molecule has 1 amide bonds. The number of H-pyrrole nitrogens is 1. The maximum absolute atomic E-state index is 11.1. The number of primary amides is 1. The van der Waals surface area contributed by atoms with E-state index >= 15 is 0 Å². The highest BCUT2D eigenvalue weighted by molar-refractivity contribution is 5.96. The lowest BCUT2D eigenvalue weighted by Crippen LogP contribution is -2.16. The van der Waals surface area contributed by atoms with Gasteiger partial charge in [0, 0.05) is 11.6 Å². The first kappa shape index (κ1) is 8.68. The predicted octanol–water partition coefficient (Wildman–Crippen LogP) is 0.619. The largest absolute Gasteiger partial charge is 0.364 e. The first-order valence-electron chi connectivity index (χ1n) is 4.36. The summed E-state index contributed by atoms with van der Waals surface area (Å²) >= 11 is 0. The number of hydrogen-bond acceptors (Lipinski definition) is 3. The highest BCUT2D eigenvalue weighted by Gasteiger charge is 2.13. The average Bonchev–Trinajstić information content (AvgIpc) is 2.63. The van der Waals surface area contributed by atoms with Gasteiger partial charge in [-0.1, -0.05) is 6.92 Å². The van der Waals surface area contributed by atoms with Crippen molar-refractivity contribution in [2.45, 2.75) is 13.3 Å². The number of amides is 1. The molecule has 72 valence electrons. The Bertz CT molecular complexity index is 489. The Hall–Kier alpha value is -1.91. The second-order valence-corrected chi connectivity index (χ2v) is 2.98. The topological polar surface area (TPSA) is 84.7 Å². The van der Waals surface area contributed by atoms with Gasteiger partial charge in [-0.3, -0.25) is 4.79 Å². The molecule has 2 aromatic heterocycles. The molecule has 5 nitrogen and oxygen atoms in total. The van der Waals surface area contributed by atoms with Crippen molar-refractivity contribution in [2.24, 2.45) is 5.73 Å². The maximum atomic E-state index is 11.1. The Labute approximate surface area is 80.3 Å². The zero-order valence-electron chi connectivity index (χ0n) is 7.74. The quantitative estimate of drug-likeness (QED) is 0.727. The van der Waals surface area contributed by atoms with Crippen molar-refractivity contribution >= 4 is 16.9 Å². The van der Waals surface area contributed by atoms with Gasteiger partial charge < -0.3 is 10.7 Å². The zero-order valence-corrected chi connectivity index (χ0v) is 7.74. The second kappa shape index (κ2) is 3.10. The fraction of sp³-hybridized carbons (Fsp3) is 0.222. The van der Waals surface area contributed by atoms with Crippen molar-refractivity contribution in [2.75, 3.05) is 0 Å². The van der Waals surface area contributed by atoms with E-state index in [4.69, 9.17) is 5.73 Å². The van der Waals surface area contributed by atoms with Crippen molar-refractivity contribution in [3.05, 3.63) is 23.5 Å². The van der Waals surface area contributed by atoms with Crippen LogP contribution in [-0.4, -0.2) is 21.1 Å². The molecule has 2 rings (SSSR count). The first-order valence-corrected chi connectivity index (χ1v) is 4.36. The van der Waals surface area contributed by atoms with Gasteiger partial charge in [0.25, 0.3) is 5.91 Å². The Morgan fingerprint density at radius 3 is 3.00 bits per heavy atom. The Morgan fingerprint density at radius 1 is 1.57 bits per heavy atom. The third-order valence-corrected chi connectivity index (χ3v) is 2.17. The molecule has 0 aliphatic rings. The Morgan fingerprint density at radius 2 is 2.36 bits per heavy atom. The van der Waals surface area contributed by atoms with Crippen molar-refractivity contribution < 1.29 is 4.79 Å². The second-order valence-electron chi connectivity index (χ2n) is 2.98. The van der Waals surface area contributed by atoms with E-state index in [1.165, 1.54) is 0 Å². The standard InChI is InChI=1S/C9H10N4O/c1-2-5-6-3-4-11-9(6)13-12-7(5)8(10)14/h3-4H,2H2,1H3,(H2,10,14)(H,11,13). The number of carbonyl (C=O) groups is 1. The van der Waals surface area contributed by atoms with Gasteiger partial charge in [0.15, 0.2) is 11.3 Å². The smallest absolute Gasteiger partial charge is 0.269 e. The van der Waals surface area contributed by atoms with Crippen LogP contribution in [0.1, 0.15) is 23.0 Å². The minimum Gasteiger partial charge on any atom is -0.364 e. The normalized spacial score (nSPS) is 10.6. The van der Waals surface area contributed by atoms with Gasteiger partial charge in [-0.2, -0.15) is 0 Å². The number of nitrogens with zero attached hydrogens (tertiary/aromatic N) is 2. The maximum Gasteiger partial charge on any atom is 0.269 e. The summed E-state index contributed by atoms with van der Waals surface area (Å²) < 4.78 is 0. The van der Waals surface area contributed by atoms with E-state index in [-0.39, 0.29) is 5.69 Å². The summed E-state index contributed by atoms with van der Waals surface area (Å²) in [5.74, 6) is -0.530. The Balaban J connectivity index is 2.78. The number of carbonyl (C=O) groups excluding carboxylic acids is 1. The van der Waals surface area contributed by atoms with Crippen LogP contribution < -0.4 is 5.73 Å². The monoisotopic (exact) mass is 190 g/mol. The number of nitrogens with two attached hydrogens (primary N) is 1. The van der Waals surface area contributed by atoms with Gasteiger partial charge in [0.05, 0.1) is 0 Å². The van der Waals surface area contributed by atoms with Gasteiger partial charge in [-0.15, -0.1) is 10.2 Å². The average molecular weight is 190 g/mol. The first-order chi connectivity index (χ1) is 6.74. The third kappa shape index (κ3) is 1.14. The van der Waals surface area contributed by atoms with E-state index in [0.717, 1.165) is 10.9 Å². The molecular formula is C9H10N4O. The highest BCUT2D eigenvalue weighted by atomic mass is 16.1. The summed E-state index contributed by atoms with van der Waals surface area (Å²) in [5.41, 5.74) is 7.00. The van der Waals surface area contributed by atoms with Gasteiger partial charge in [0.1, 0.15) is 0 Å². The van der Waals surface area contributed by atoms with Crippen LogP contribution in [0.15, 0.2) is 12.3 Å². The molecule has 0 fully saturated rings. The summed E-state index contributed by atoms with van der Waals surface area (Å²) in [6, 6.07) is 1.87. The SMILES string of the molecule is CCc1c(C(N)=O)nnc2[nH]ccc12. The molecule has 0 atom stereocenters. The molecule has 0 bridgehead atoms. The molecule has 0 saturated heterocycles. The molecule has 14 heavy (non-hydrogen) atoms. The molecule has 0 spiro atoms. The van der Waals surface area contributed by atoms with Gasteiger partial charge in [0.2, 0.25) is 0 Å². The number of aromatic nitrogens is 3. The summed E-state index contributed by atoms with van der Waals surface area (Å²) in [6.07, 6.45) is 2.48. The number of aromatic amines is 1. The van der Waals surface area contributed by atoms with E-state index in [9.17, 15) is 4.79 Å². The van der Waals surface area contributed by atoms with Crippen LogP contribution in [0, 0.1) is 0 Å². The molecule has 0 saturated carbocycles. The van der Waals surface area contributed by atoms with Crippen LogP contribution in [0.2, 0.25) is 0 Å². The number of fused-ring (bicyclic) bond motifs is 1. The molecule has 0 aliphatic carbocycles. The molecule has 5 heteroatoms. The summed E-state index contributed by atoms with van der Waals surface area (Å²) in [4.78, 5) is 14.0. The van der Waals surface area contributed by atoms with Crippen molar-refractivity contribution in [1.82, 2.24) is 15.2 Å². The fourth-order valence-corrected chi connectivity index (χ4v) is 1.53. The lowest BCUT2D eigenvalue weighted by Gasteiger charge is -2.02.